The Morgan fingerprint density at radius 2 is 2.03 bits per heavy atom. The van der Waals surface area contributed by atoms with Gasteiger partial charge in [0.25, 0.3) is 12.4 Å². The van der Waals surface area contributed by atoms with E-state index in [-0.39, 0.29) is 17.9 Å². The summed E-state index contributed by atoms with van der Waals surface area (Å²) in [5, 5.41) is 6.89. The molecule has 1 aliphatic heterocycles. The lowest BCUT2D eigenvalue weighted by Crippen LogP contribution is -2.28. The summed E-state index contributed by atoms with van der Waals surface area (Å²) >= 11 is 1.72. The molecule has 4 rings (SSSR count). The molecule has 0 spiro atoms. The largest absolute Gasteiger partial charge is 0.493 e. The molecule has 1 N–H and O–H groups in total. The Kier molecular flexibility index (Phi) is 8.42. The lowest BCUT2D eigenvalue weighted by atomic mass is 10.0. The van der Waals surface area contributed by atoms with Gasteiger partial charge in [-0.25, -0.2) is 4.39 Å². The number of ether oxygens (including phenoxy) is 1. The maximum absolute atomic E-state index is 14.7. The Balaban J connectivity index is 0.000000806. The van der Waals surface area contributed by atoms with Gasteiger partial charge in [0.2, 0.25) is 0 Å². The maximum Gasteiger partial charge on any atom is 0.290 e. The third-order valence-corrected chi connectivity index (χ3v) is 7.17. The van der Waals surface area contributed by atoms with E-state index < -0.39 is 5.82 Å². The van der Waals surface area contributed by atoms with Crippen LogP contribution in [0.3, 0.4) is 0 Å². The molecule has 1 aromatic carbocycles. The van der Waals surface area contributed by atoms with Crippen molar-refractivity contribution in [3.05, 3.63) is 29.1 Å². The van der Waals surface area contributed by atoms with E-state index in [9.17, 15) is 9.18 Å². The van der Waals surface area contributed by atoms with Gasteiger partial charge in [-0.15, -0.1) is 11.8 Å². The van der Waals surface area contributed by atoms with Crippen LogP contribution in [0.25, 0.3) is 0 Å². The molecule has 3 aliphatic rings. The van der Waals surface area contributed by atoms with Gasteiger partial charge in [0, 0.05) is 18.4 Å². The van der Waals surface area contributed by atoms with Gasteiger partial charge in [-0.05, 0) is 55.1 Å². The molecule has 1 saturated heterocycles. The summed E-state index contributed by atoms with van der Waals surface area (Å²) in [7, 11) is 0. The van der Waals surface area contributed by atoms with Crippen LogP contribution in [0.1, 0.15) is 73.7 Å². The summed E-state index contributed by atoms with van der Waals surface area (Å²) in [6.07, 6.45) is 8.53. The smallest absolute Gasteiger partial charge is 0.290 e. The minimum absolute atomic E-state index is 0.177. The Morgan fingerprint density at radius 3 is 2.67 bits per heavy atom. The van der Waals surface area contributed by atoms with Crippen molar-refractivity contribution in [1.82, 2.24) is 4.90 Å². The van der Waals surface area contributed by atoms with E-state index in [1.807, 2.05) is 0 Å². The zero-order chi connectivity index (χ0) is 21.5. The average molecular weight is 438 g/mol. The average Bonchev–Trinajstić information content (AvgIpc) is 3.23. The maximum atomic E-state index is 14.7. The number of benzene rings is 1. The van der Waals surface area contributed by atoms with E-state index in [1.54, 1.807) is 22.7 Å². The number of rotatable bonds is 7. The van der Waals surface area contributed by atoms with Gasteiger partial charge in [0.05, 0.1) is 18.0 Å². The van der Waals surface area contributed by atoms with Crippen LogP contribution in [0.4, 0.5) is 4.39 Å². The number of hydrogen-bond donors (Lipinski definition) is 1. The van der Waals surface area contributed by atoms with Gasteiger partial charge in [0.15, 0.2) is 0 Å². The van der Waals surface area contributed by atoms with Gasteiger partial charge in [-0.3, -0.25) is 9.59 Å². The monoisotopic (exact) mass is 437 g/mol. The second kappa shape index (κ2) is 11.0. The minimum atomic E-state index is -0.438. The highest BCUT2D eigenvalue weighted by Crippen LogP contribution is 2.45. The van der Waals surface area contributed by atoms with Crippen molar-refractivity contribution in [3.8, 4) is 5.75 Å². The van der Waals surface area contributed by atoms with Crippen LogP contribution in [-0.4, -0.2) is 47.2 Å². The molecule has 0 aromatic heterocycles. The van der Waals surface area contributed by atoms with Gasteiger partial charge in [-0.1, -0.05) is 26.2 Å². The highest BCUT2D eigenvalue weighted by atomic mass is 32.2. The van der Waals surface area contributed by atoms with Crippen LogP contribution < -0.4 is 4.74 Å². The first kappa shape index (κ1) is 22.9. The summed E-state index contributed by atoms with van der Waals surface area (Å²) in [5.41, 5.74) is 1.25. The van der Waals surface area contributed by atoms with E-state index in [0.717, 1.165) is 30.1 Å². The number of carbonyl (C=O) groups excluding carboxylic acids is 1. The number of hydrogen-bond acceptors (Lipinski definition) is 4. The SMILES string of the molecule is CCCC1CCC(COc2cc(F)c(C(=O)N3CCSC3)cc2C2CC2)C1.O=CO. The van der Waals surface area contributed by atoms with E-state index in [0.29, 0.717) is 36.6 Å². The molecule has 2 aliphatic carbocycles. The second-order valence-corrected chi connectivity index (χ2v) is 9.57. The summed E-state index contributed by atoms with van der Waals surface area (Å²) in [6.45, 7) is 3.38. The molecule has 166 valence electrons. The molecule has 1 amide bonds. The molecular weight excluding hydrogens is 405 g/mol. The molecule has 3 fully saturated rings. The highest BCUT2D eigenvalue weighted by molar-refractivity contribution is 7.99. The van der Waals surface area contributed by atoms with Gasteiger partial charge >= 0.3 is 0 Å². The topological polar surface area (TPSA) is 66.8 Å². The lowest BCUT2D eigenvalue weighted by molar-refractivity contribution is -0.122. The van der Waals surface area contributed by atoms with Crippen LogP contribution in [0, 0.1) is 17.7 Å². The van der Waals surface area contributed by atoms with Gasteiger partial charge in [-0.2, -0.15) is 0 Å². The fraction of sp³-hybridized carbons (Fsp3) is 0.652. The fourth-order valence-electron chi connectivity index (χ4n) is 4.53. The normalized spacial score (nSPS) is 23.1. The zero-order valence-corrected chi connectivity index (χ0v) is 18.5. The van der Waals surface area contributed by atoms with Crippen LogP contribution in [0.2, 0.25) is 0 Å². The van der Waals surface area contributed by atoms with E-state index >= 15 is 0 Å². The first-order chi connectivity index (χ1) is 14.6. The number of nitrogens with zero attached hydrogens (tertiary/aromatic N) is 1. The van der Waals surface area contributed by atoms with Crippen LogP contribution in [-0.2, 0) is 4.79 Å². The third-order valence-electron chi connectivity index (χ3n) is 6.21. The van der Waals surface area contributed by atoms with E-state index in [2.05, 4.69) is 6.92 Å². The third kappa shape index (κ3) is 5.90. The molecule has 5 nitrogen and oxygen atoms in total. The second-order valence-electron chi connectivity index (χ2n) is 8.50. The predicted octanol–water partition coefficient (Wildman–Crippen LogP) is 5.15. The summed E-state index contributed by atoms with van der Waals surface area (Å²) in [4.78, 5) is 22.8. The van der Waals surface area contributed by atoms with E-state index in [1.165, 1.54) is 38.2 Å². The molecule has 2 saturated carbocycles. The van der Waals surface area contributed by atoms with Crippen molar-refractivity contribution in [3.63, 3.8) is 0 Å². The van der Waals surface area contributed by atoms with Crippen molar-refractivity contribution in [2.45, 2.75) is 57.8 Å². The Bertz CT molecular complexity index is 734. The van der Waals surface area contributed by atoms with Crippen molar-refractivity contribution in [2.24, 2.45) is 11.8 Å². The van der Waals surface area contributed by atoms with Gasteiger partial charge in [0.1, 0.15) is 11.6 Å². The van der Waals surface area contributed by atoms with Crippen molar-refractivity contribution in [1.29, 1.82) is 0 Å². The number of thioether (sulfide) groups is 1. The molecule has 30 heavy (non-hydrogen) atoms. The molecule has 0 radical (unpaired) electrons. The Labute approximate surface area is 182 Å². The summed E-state index contributed by atoms with van der Waals surface area (Å²) in [6, 6.07) is 3.25. The first-order valence-electron chi connectivity index (χ1n) is 11.0. The van der Waals surface area contributed by atoms with Crippen LogP contribution in [0.5, 0.6) is 5.75 Å². The number of halogens is 1. The lowest BCUT2D eigenvalue weighted by Gasteiger charge is -2.19. The number of amides is 1. The number of carbonyl (C=O) groups is 2. The van der Waals surface area contributed by atoms with Crippen molar-refractivity contribution >= 4 is 24.1 Å². The van der Waals surface area contributed by atoms with Crippen LogP contribution in [0.15, 0.2) is 12.1 Å². The highest BCUT2D eigenvalue weighted by Gasteiger charge is 2.32. The molecule has 2 unspecified atom stereocenters. The molecular formula is C23H32FNO4S. The zero-order valence-electron chi connectivity index (χ0n) is 17.6. The number of carboxylic acid groups (broad SMARTS) is 1. The van der Waals surface area contributed by atoms with Gasteiger partial charge < -0.3 is 14.7 Å². The molecule has 2 atom stereocenters. The fourth-order valence-corrected chi connectivity index (χ4v) is 5.47. The quantitative estimate of drug-likeness (QED) is 0.598. The Hall–Kier alpha value is -1.76. The van der Waals surface area contributed by atoms with Crippen molar-refractivity contribution in [2.75, 3.05) is 24.8 Å². The first-order valence-corrected chi connectivity index (χ1v) is 12.1. The minimum Gasteiger partial charge on any atom is -0.493 e. The molecule has 1 heterocycles. The summed E-state index contributed by atoms with van der Waals surface area (Å²) < 4.78 is 20.9. The molecule has 1 aromatic rings. The standard InChI is InChI=1S/C22H30FNO2S.CH2O2/c1-2-3-15-4-5-16(10-15)13-26-21-12-20(23)19(11-18(21)17-6-7-17)22(25)24-8-9-27-14-24;2-1-3/h11-12,15-17H,2-10,13-14H2,1H3;1H,(H,2,3). The Morgan fingerprint density at radius 1 is 1.30 bits per heavy atom. The van der Waals surface area contributed by atoms with Crippen LogP contribution >= 0.6 is 11.8 Å². The summed E-state index contributed by atoms with van der Waals surface area (Å²) in [5.74, 6) is 3.50. The predicted molar refractivity (Wildman–Crippen MR) is 117 cm³/mol. The van der Waals surface area contributed by atoms with E-state index in [4.69, 9.17) is 14.6 Å². The van der Waals surface area contributed by atoms with Crippen molar-refractivity contribution < 1.29 is 23.8 Å². The molecule has 7 heteroatoms. The molecule has 0 bridgehead atoms.